The van der Waals surface area contributed by atoms with Crippen molar-refractivity contribution in [3.8, 4) is 0 Å². The number of hydrogen-bond acceptors (Lipinski definition) is 1. The molecule has 0 atom stereocenters. The number of alkyl halides is 2. The monoisotopic (exact) mass is 196 g/mol. The fourth-order valence-corrected chi connectivity index (χ4v) is 2.00. The van der Waals surface area contributed by atoms with Gasteiger partial charge in [0.2, 0.25) is 0 Å². The maximum atomic E-state index is 12.7. The van der Waals surface area contributed by atoms with Crippen molar-refractivity contribution in [1.82, 2.24) is 0 Å². The second-order valence-electron chi connectivity index (χ2n) is 3.85. The lowest BCUT2D eigenvalue weighted by atomic mass is 9.63. The molecule has 0 amide bonds. The molecule has 2 rings (SSSR count). The number of halogens is 2. The largest absolute Gasteiger partial charge is 0.302 e. The molecule has 0 unspecified atom stereocenters. The fourth-order valence-electron chi connectivity index (χ4n) is 2.00. The third kappa shape index (κ3) is 1.33. The summed E-state index contributed by atoms with van der Waals surface area (Å²) in [6, 6.07) is 8.78. The third-order valence-corrected chi connectivity index (χ3v) is 2.72. The third-order valence-electron chi connectivity index (χ3n) is 2.72. The van der Waals surface area contributed by atoms with Gasteiger partial charge in [-0.05, 0) is 5.56 Å². The standard InChI is InChI=1S/C11H10F2O/c12-11(13)6-10(7-11,8-14)9-4-2-1-3-5-9/h1-5,8H,6-7H2. The first-order valence-corrected chi connectivity index (χ1v) is 4.48. The smallest absolute Gasteiger partial charge is 0.250 e. The Labute approximate surface area is 80.7 Å². The molecule has 1 aromatic rings. The highest BCUT2D eigenvalue weighted by molar-refractivity contribution is 5.71. The van der Waals surface area contributed by atoms with Gasteiger partial charge in [0.25, 0.3) is 5.92 Å². The van der Waals surface area contributed by atoms with Crippen LogP contribution >= 0.6 is 0 Å². The average molecular weight is 196 g/mol. The van der Waals surface area contributed by atoms with Gasteiger partial charge in [-0.25, -0.2) is 8.78 Å². The van der Waals surface area contributed by atoms with Crippen molar-refractivity contribution < 1.29 is 13.6 Å². The van der Waals surface area contributed by atoms with E-state index in [9.17, 15) is 13.6 Å². The summed E-state index contributed by atoms with van der Waals surface area (Å²) in [6.45, 7) is 0. The van der Waals surface area contributed by atoms with Gasteiger partial charge in [-0.2, -0.15) is 0 Å². The summed E-state index contributed by atoms with van der Waals surface area (Å²) >= 11 is 0. The van der Waals surface area contributed by atoms with Gasteiger partial charge in [-0.1, -0.05) is 30.3 Å². The Bertz CT molecular complexity index is 338. The Kier molecular flexibility index (Phi) is 1.91. The number of carbonyl (C=O) groups excluding carboxylic acids is 1. The van der Waals surface area contributed by atoms with E-state index in [2.05, 4.69) is 0 Å². The highest BCUT2D eigenvalue weighted by Gasteiger charge is 2.57. The van der Waals surface area contributed by atoms with E-state index in [4.69, 9.17) is 0 Å². The molecular weight excluding hydrogens is 186 g/mol. The fraction of sp³-hybridized carbons (Fsp3) is 0.364. The van der Waals surface area contributed by atoms with E-state index >= 15 is 0 Å². The molecule has 0 radical (unpaired) electrons. The molecule has 3 heteroatoms. The summed E-state index contributed by atoms with van der Waals surface area (Å²) in [6.07, 6.45) is -0.0548. The van der Waals surface area contributed by atoms with E-state index in [0.29, 0.717) is 11.8 Å². The van der Waals surface area contributed by atoms with E-state index < -0.39 is 11.3 Å². The second kappa shape index (κ2) is 2.87. The topological polar surface area (TPSA) is 17.1 Å². The van der Waals surface area contributed by atoms with Crippen molar-refractivity contribution in [2.24, 2.45) is 0 Å². The van der Waals surface area contributed by atoms with Gasteiger partial charge >= 0.3 is 0 Å². The molecule has 0 heterocycles. The van der Waals surface area contributed by atoms with Crippen LogP contribution in [0.2, 0.25) is 0 Å². The summed E-state index contributed by atoms with van der Waals surface area (Å²) in [4.78, 5) is 10.9. The Morgan fingerprint density at radius 2 is 1.71 bits per heavy atom. The lowest BCUT2D eigenvalue weighted by Gasteiger charge is -2.43. The first-order chi connectivity index (χ1) is 6.58. The lowest BCUT2D eigenvalue weighted by molar-refractivity contribution is -0.146. The molecule has 0 saturated heterocycles. The predicted octanol–water partition coefficient (Wildman–Crippen LogP) is 2.55. The van der Waals surface area contributed by atoms with Crippen LogP contribution in [-0.4, -0.2) is 12.2 Å². The first-order valence-electron chi connectivity index (χ1n) is 4.48. The van der Waals surface area contributed by atoms with Gasteiger partial charge in [0, 0.05) is 12.8 Å². The molecular formula is C11H10F2O. The number of hydrogen-bond donors (Lipinski definition) is 0. The zero-order valence-corrected chi connectivity index (χ0v) is 7.54. The summed E-state index contributed by atoms with van der Waals surface area (Å²) in [5.74, 6) is -2.67. The van der Waals surface area contributed by atoms with E-state index in [1.165, 1.54) is 0 Å². The van der Waals surface area contributed by atoms with Crippen molar-refractivity contribution in [2.75, 3.05) is 0 Å². The quantitative estimate of drug-likeness (QED) is 0.664. The van der Waals surface area contributed by atoms with Crippen molar-refractivity contribution in [1.29, 1.82) is 0 Å². The zero-order valence-electron chi connectivity index (χ0n) is 7.54. The van der Waals surface area contributed by atoms with E-state index in [1.54, 1.807) is 30.3 Å². The van der Waals surface area contributed by atoms with Crippen LogP contribution < -0.4 is 0 Å². The van der Waals surface area contributed by atoms with Gasteiger partial charge in [0.05, 0.1) is 5.41 Å². The Morgan fingerprint density at radius 3 is 2.14 bits per heavy atom. The Balaban J connectivity index is 2.29. The van der Waals surface area contributed by atoms with Gasteiger partial charge in [0.15, 0.2) is 0 Å². The van der Waals surface area contributed by atoms with Gasteiger partial charge < -0.3 is 4.79 Å². The van der Waals surface area contributed by atoms with Crippen molar-refractivity contribution >= 4 is 6.29 Å². The highest BCUT2D eigenvalue weighted by atomic mass is 19.3. The summed E-state index contributed by atoms with van der Waals surface area (Å²) < 4.78 is 25.5. The van der Waals surface area contributed by atoms with Crippen LogP contribution in [0.25, 0.3) is 0 Å². The highest BCUT2D eigenvalue weighted by Crippen LogP contribution is 2.51. The lowest BCUT2D eigenvalue weighted by Crippen LogP contribution is -2.50. The number of benzene rings is 1. The SMILES string of the molecule is O=CC1(c2ccccc2)CC(F)(F)C1. The van der Waals surface area contributed by atoms with Crippen LogP contribution in [0, 0.1) is 0 Å². The Morgan fingerprint density at radius 1 is 1.14 bits per heavy atom. The number of rotatable bonds is 2. The number of aldehydes is 1. The molecule has 0 aromatic heterocycles. The summed E-state index contributed by atoms with van der Waals surface area (Å²) in [7, 11) is 0. The minimum absolute atomic E-state index is 0.354. The molecule has 1 nitrogen and oxygen atoms in total. The van der Waals surface area contributed by atoms with Gasteiger partial charge in [-0.15, -0.1) is 0 Å². The van der Waals surface area contributed by atoms with Crippen LogP contribution in [0.5, 0.6) is 0 Å². The molecule has 74 valence electrons. The van der Waals surface area contributed by atoms with Crippen LogP contribution in [0.1, 0.15) is 18.4 Å². The maximum Gasteiger partial charge on any atom is 0.250 e. The summed E-state index contributed by atoms with van der Waals surface area (Å²) in [5.41, 5.74) is -0.244. The molecule has 0 aliphatic heterocycles. The molecule has 1 saturated carbocycles. The maximum absolute atomic E-state index is 12.7. The molecule has 1 aliphatic carbocycles. The van der Waals surface area contributed by atoms with E-state index in [0.717, 1.165) is 0 Å². The van der Waals surface area contributed by atoms with Crippen molar-refractivity contribution in [3.63, 3.8) is 0 Å². The average Bonchev–Trinajstić information content (AvgIpc) is 2.15. The van der Waals surface area contributed by atoms with Gasteiger partial charge in [0.1, 0.15) is 6.29 Å². The van der Waals surface area contributed by atoms with Gasteiger partial charge in [-0.3, -0.25) is 0 Å². The minimum atomic E-state index is -2.67. The van der Waals surface area contributed by atoms with Crippen LogP contribution in [0.3, 0.4) is 0 Å². The summed E-state index contributed by atoms with van der Waals surface area (Å²) in [5, 5.41) is 0. The minimum Gasteiger partial charge on any atom is -0.302 e. The zero-order chi connectivity index (χ0) is 10.2. The predicted molar refractivity (Wildman–Crippen MR) is 48.4 cm³/mol. The second-order valence-corrected chi connectivity index (χ2v) is 3.85. The molecule has 1 aromatic carbocycles. The number of carbonyl (C=O) groups is 1. The molecule has 14 heavy (non-hydrogen) atoms. The molecule has 1 aliphatic rings. The normalized spacial score (nSPS) is 22.4. The molecule has 0 bridgehead atoms. The molecule has 1 fully saturated rings. The Hall–Kier alpha value is -1.25. The van der Waals surface area contributed by atoms with E-state index in [1.807, 2.05) is 0 Å². The first kappa shape index (κ1) is 9.31. The molecule has 0 N–H and O–H groups in total. The van der Waals surface area contributed by atoms with Crippen molar-refractivity contribution in [3.05, 3.63) is 35.9 Å². The molecule has 0 spiro atoms. The van der Waals surface area contributed by atoms with E-state index in [-0.39, 0.29) is 12.8 Å². The van der Waals surface area contributed by atoms with Crippen LogP contribution in [-0.2, 0) is 10.2 Å². The van der Waals surface area contributed by atoms with Crippen molar-refractivity contribution in [2.45, 2.75) is 24.2 Å². The van der Waals surface area contributed by atoms with Crippen LogP contribution in [0.15, 0.2) is 30.3 Å². The van der Waals surface area contributed by atoms with Crippen LogP contribution in [0.4, 0.5) is 8.78 Å².